The maximum Gasteiger partial charge on any atom is 0.180 e. The summed E-state index contributed by atoms with van der Waals surface area (Å²) in [6, 6.07) is 18.4. The van der Waals surface area contributed by atoms with E-state index in [4.69, 9.17) is 9.73 Å². The van der Waals surface area contributed by atoms with Gasteiger partial charge in [-0.15, -0.1) is 12.4 Å². The van der Waals surface area contributed by atoms with Gasteiger partial charge in [0.15, 0.2) is 6.10 Å². The number of ether oxygens (including phenoxy) is 1. The van der Waals surface area contributed by atoms with Crippen LogP contribution in [0.3, 0.4) is 0 Å². The Kier molecular flexibility index (Phi) is 5.89. The highest BCUT2D eigenvalue weighted by Gasteiger charge is 2.28. The summed E-state index contributed by atoms with van der Waals surface area (Å²) < 4.78 is 6.35. The maximum absolute atomic E-state index is 6.35. The van der Waals surface area contributed by atoms with Gasteiger partial charge >= 0.3 is 0 Å². The molecule has 0 saturated heterocycles. The molecule has 0 bridgehead atoms. The minimum atomic E-state index is -0.201. The second kappa shape index (κ2) is 7.71. The van der Waals surface area contributed by atoms with Crippen molar-refractivity contribution in [1.82, 2.24) is 5.32 Å². The van der Waals surface area contributed by atoms with Crippen molar-refractivity contribution in [2.45, 2.75) is 26.9 Å². The summed E-state index contributed by atoms with van der Waals surface area (Å²) in [5.41, 5.74) is 2.43. The van der Waals surface area contributed by atoms with E-state index in [1.165, 1.54) is 0 Å². The third-order valence-corrected chi connectivity index (χ3v) is 4.11. The summed E-state index contributed by atoms with van der Waals surface area (Å²) in [4.78, 5) is 4.77. The number of nitrogens with one attached hydrogen (secondary N) is 1. The lowest BCUT2D eigenvalue weighted by molar-refractivity contribution is 0.256. The second-order valence-corrected chi connectivity index (χ2v) is 6.89. The van der Waals surface area contributed by atoms with Gasteiger partial charge in [-0.3, -0.25) is 4.99 Å². The Bertz CT molecular complexity index is 698. The van der Waals surface area contributed by atoms with Crippen LogP contribution in [0.1, 0.15) is 31.1 Å². The van der Waals surface area contributed by atoms with E-state index >= 15 is 0 Å². The van der Waals surface area contributed by atoms with Crippen molar-refractivity contribution in [2.75, 3.05) is 13.1 Å². The molecule has 128 valence electrons. The topological polar surface area (TPSA) is 33.6 Å². The summed E-state index contributed by atoms with van der Waals surface area (Å²) >= 11 is 0. The van der Waals surface area contributed by atoms with Gasteiger partial charge in [0, 0.05) is 18.5 Å². The first-order valence-electron chi connectivity index (χ1n) is 8.11. The molecule has 1 unspecified atom stereocenters. The molecule has 3 rings (SSSR count). The summed E-state index contributed by atoms with van der Waals surface area (Å²) in [5, 5.41) is 3.47. The zero-order valence-corrected chi connectivity index (χ0v) is 15.3. The fraction of sp³-hybridized carbons (Fsp3) is 0.350. The SMILES string of the molecule is Cc1ccccc1OC(C1=NCC(C)(C)CN1)c1ccccc1.Cl. The molecule has 0 aliphatic carbocycles. The third kappa shape index (κ3) is 4.30. The van der Waals surface area contributed by atoms with Crippen molar-refractivity contribution in [3.63, 3.8) is 0 Å². The van der Waals surface area contributed by atoms with Crippen molar-refractivity contribution in [2.24, 2.45) is 10.4 Å². The van der Waals surface area contributed by atoms with Crippen molar-refractivity contribution >= 4 is 18.2 Å². The van der Waals surface area contributed by atoms with Gasteiger partial charge in [0.1, 0.15) is 11.6 Å². The molecule has 1 aliphatic heterocycles. The summed E-state index contributed by atoms with van der Waals surface area (Å²) in [6.07, 6.45) is -0.201. The molecule has 1 atom stereocenters. The molecule has 2 aromatic rings. The van der Waals surface area contributed by atoms with Gasteiger partial charge < -0.3 is 10.1 Å². The molecule has 1 aliphatic rings. The fourth-order valence-electron chi connectivity index (χ4n) is 2.64. The molecular weight excluding hydrogens is 320 g/mol. The molecule has 0 fully saturated rings. The number of benzene rings is 2. The number of rotatable bonds is 4. The molecule has 0 radical (unpaired) electrons. The van der Waals surface area contributed by atoms with Crippen LogP contribution in [0, 0.1) is 12.3 Å². The summed E-state index contributed by atoms with van der Waals surface area (Å²) in [5.74, 6) is 1.81. The normalized spacial score (nSPS) is 17.0. The molecule has 1 heterocycles. The van der Waals surface area contributed by atoms with E-state index in [-0.39, 0.29) is 23.9 Å². The maximum atomic E-state index is 6.35. The van der Waals surface area contributed by atoms with Crippen LogP contribution in [-0.4, -0.2) is 18.9 Å². The van der Waals surface area contributed by atoms with Crippen LogP contribution in [0.2, 0.25) is 0 Å². The Morgan fingerprint density at radius 2 is 1.71 bits per heavy atom. The van der Waals surface area contributed by atoms with E-state index in [2.05, 4.69) is 44.3 Å². The molecule has 0 aromatic heterocycles. The van der Waals surface area contributed by atoms with E-state index in [1.807, 2.05) is 36.4 Å². The first-order valence-corrected chi connectivity index (χ1v) is 8.11. The zero-order valence-electron chi connectivity index (χ0n) is 14.5. The number of aryl methyl sites for hydroxylation is 1. The molecule has 4 heteroatoms. The number of hydrogen-bond donors (Lipinski definition) is 1. The molecule has 0 spiro atoms. The molecule has 1 N–H and O–H groups in total. The number of para-hydroxylation sites is 1. The van der Waals surface area contributed by atoms with Crippen molar-refractivity contribution in [3.8, 4) is 5.75 Å². The Hall–Kier alpha value is -2.00. The minimum Gasteiger partial charge on any atom is -0.478 e. The lowest BCUT2D eigenvalue weighted by atomic mass is 9.92. The zero-order chi connectivity index (χ0) is 16.3. The minimum absolute atomic E-state index is 0. The molecule has 3 nitrogen and oxygen atoms in total. The van der Waals surface area contributed by atoms with E-state index in [0.29, 0.717) is 0 Å². The van der Waals surface area contributed by atoms with Crippen LogP contribution in [-0.2, 0) is 0 Å². The third-order valence-electron chi connectivity index (χ3n) is 4.11. The highest BCUT2D eigenvalue weighted by atomic mass is 35.5. The number of halogens is 1. The van der Waals surface area contributed by atoms with Gasteiger partial charge in [-0.25, -0.2) is 0 Å². The van der Waals surface area contributed by atoms with Crippen LogP contribution in [0.5, 0.6) is 5.75 Å². The van der Waals surface area contributed by atoms with Crippen molar-refractivity contribution in [3.05, 3.63) is 65.7 Å². The predicted octanol–water partition coefficient (Wildman–Crippen LogP) is 4.56. The van der Waals surface area contributed by atoms with Gasteiger partial charge in [-0.05, 0) is 24.1 Å². The molecule has 0 saturated carbocycles. The number of nitrogens with zero attached hydrogens (tertiary/aromatic N) is 1. The molecule has 2 aromatic carbocycles. The van der Waals surface area contributed by atoms with Crippen LogP contribution in [0.15, 0.2) is 59.6 Å². The van der Waals surface area contributed by atoms with Gasteiger partial charge in [-0.2, -0.15) is 0 Å². The summed E-state index contributed by atoms with van der Waals surface area (Å²) in [6.45, 7) is 8.23. The molecular formula is C20H25ClN2O. The van der Waals surface area contributed by atoms with Crippen LogP contribution >= 0.6 is 12.4 Å². The van der Waals surface area contributed by atoms with Gasteiger partial charge in [0.05, 0.1) is 0 Å². The highest BCUT2D eigenvalue weighted by molar-refractivity contribution is 5.88. The van der Waals surface area contributed by atoms with E-state index < -0.39 is 0 Å². The lowest BCUT2D eigenvalue weighted by Crippen LogP contribution is -2.44. The van der Waals surface area contributed by atoms with Gasteiger partial charge in [-0.1, -0.05) is 62.4 Å². The largest absolute Gasteiger partial charge is 0.478 e. The smallest absolute Gasteiger partial charge is 0.180 e. The Morgan fingerprint density at radius 1 is 1.04 bits per heavy atom. The lowest BCUT2D eigenvalue weighted by Gasteiger charge is -2.32. The Labute approximate surface area is 150 Å². The second-order valence-electron chi connectivity index (χ2n) is 6.89. The van der Waals surface area contributed by atoms with Crippen LogP contribution in [0.25, 0.3) is 0 Å². The average molecular weight is 345 g/mol. The molecule has 0 amide bonds. The average Bonchev–Trinajstić information content (AvgIpc) is 2.55. The van der Waals surface area contributed by atoms with E-state index in [0.717, 1.165) is 35.8 Å². The Morgan fingerprint density at radius 3 is 2.33 bits per heavy atom. The van der Waals surface area contributed by atoms with Crippen molar-refractivity contribution in [1.29, 1.82) is 0 Å². The van der Waals surface area contributed by atoms with Gasteiger partial charge in [0.2, 0.25) is 0 Å². The number of aliphatic imine (C=N–C) groups is 1. The van der Waals surface area contributed by atoms with E-state index in [1.54, 1.807) is 0 Å². The highest BCUT2D eigenvalue weighted by Crippen LogP contribution is 2.28. The van der Waals surface area contributed by atoms with Crippen LogP contribution < -0.4 is 10.1 Å². The monoisotopic (exact) mass is 344 g/mol. The standard InChI is InChI=1S/C20H24N2O.ClH/c1-15-9-7-8-12-17(15)23-18(16-10-5-4-6-11-16)19-21-13-20(2,3)14-22-19;/h4-12,18H,13-14H2,1-3H3,(H,21,22);1H. The van der Waals surface area contributed by atoms with Crippen molar-refractivity contribution < 1.29 is 4.74 Å². The van der Waals surface area contributed by atoms with Crippen LogP contribution in [0.4, 0.5) is 0 Å². The molecule has 24 heavy (non-hydrogen) atoms. The fourth-order valence-corrected chi connectivity index (χ4v) is 2.64. The Balaban J connectivity index is 0.00000208. The first kappa shape index (κ1) is 18.3. The number of amidine groups is 1. The van der Waals surface area contributed by atoms with Gasteiger partial charge in [0.25, 0.3) is 0 Å². The first-order chi connectivity index (χ1) is 11.1. The quantitative estimate of drug-likeness (QED) is 0.881. The predicted molar refractivity (Wildman–Crippen MR) is 102 cm³/mol. The number of hydrogen-bond acceptors (Lipinski definition) is 3. The summed E-state index contributed by atoms with van der Waals surface area (Å²) in [7, 11) is 0. The van der Waals surface area contributed by atoms with E-state index in [9.17, 15) is 0 Å².